The zero-order valence-electron chi connectivity index (χ0n) is 14.9. The van der Waals surface area contributed by atoms with Crippen LogP contribution in [0.5, 0.6) is 0 Å². The Labute approximate surface area is 158 Å². The molecule has 3 aromatic rings. The van der Waals surface area contributed by atoms with Gasteiger partial charge in [0, 0.05) is 12.0 Å². The maximum Gasteiger partial charge on any atom is 0.221 e. The molecule has 0 amide bonds. The minimum absolute atomic E-state index is 0.617. The summed E-state index contributed by atoms with van der Waals surface area (Å²) in [5.41, 5.74) is 5.10. The number of aryl methyl sites for hydroxylation is 1. The average Bonchev–Trinajstić information content (AvgIpc) is 3.04. The first-order chi connectivity index (χ1) is 12.7. The SMILES string of the molecule is Cc1ccc(-c2nc(=S)n(C[NH+]3CC=C(c4ccccc4)CC3)[nH]2)cc1. The van der Waals surface area contributed by atoms with Gasteiger partial charge >= 0.3 is 0 Å². The predicted molar refractivity (Wildman–Crippen MR) is 107 cm³/mol. The Kier molecular flexibility index (Phi) is 4.82. The summed E-state index contributed by atoms with van der Waals surface area (Å²) in [6, 6.07) is 19.0. The van der Waals surface area contributed by atoms with Gasteiger partial charge in [-0.05, 0) is 36.4 Å². The molecule has 0 saturated carbocycles. The van der Waals surface area contributed by atoms with Crippen LogP contribution in [0.4, 0.5) is 0 Å². The number of nitrogens with zero attached hydrogens (tertiary/aromatic N) is 2. The van der Waals surface area contributed by atoms with Gasteiger partial charge in [0.1, 0.15) is 0 Å². The molecule has 0 saturated heterocycles. The van der Waals surface area contributed by atoms with E-state index in [1.165, 1.54) is 21.6 Å². The zero-order chi connectivity index (χ0) is 17.9. The van der Waals surface area contributed by atoms with Crippen LogP contribution in [0.3, 0.4) is 0 Å². The summed E-state index contributed by atoms with van der Waals surface area (Å²) in [5, 5.41) is 3.37. The second kappa shape index (κ2) is 7.40. The summed E-state index contributed by atoms with van der Waals surface area (Å²) in [5.74, 6) is 0.840. The van der Waals surface area contributed by atoms with Crippen molar-refractivity contribution < 1.29 is 4.90 Å². The van der Waals surface area contributed by atoms with Crippen LogP contribution in [0.15, 0.2) is 60.7 Å². The lowest BCUT2D eigenvalue weighted by molar-refractivity contribution is -0.918. The van der Waals surface area contributed by atoms with Crippen molar-refractivity contribution in [3.63, 3.8) is 0 Å². The number of H-pyrrole nitrogens is 1. The highest BCUT2D eigenvalue weighted by Gasteiger charge is 2.17. The lowest BCUT2D eigenvalue weighted by atomic mass is 10.00. The number of hydrogen-bond donors (Lipinski definition) is 2. The third kappa shape index (κ3) is 3.69. The van der Waals surface area contributed by atoms with Crippen LogP contribution in [0.1, 0.15) is 17.5 Å². The number of quaternary nitrogens is 1. The van der Waals surface area contributed by atoms with Gasteiger partial charge in [-0.1, -0.05) is 60.2 Å². The molecule has 2 heterocycles. The van der Waals surface area contributed by atoms with E-state index >= 15 is 0 Å². The van der Waals surface area contributed by atoms with Crippen LogP contribution in [0, 0.1) is 11.7 Å². The first-order valence-corrected chi connectivity index (χ1v) is 9.42. The van der Waals surface area contributed by atoms with Crippen molar-refractivity contribution in [2.75, 3.05) is 13.1 Å². The number of aromatic amines is 1. The van der Waals surface area contributed by atoms with E-state index in [4.69, 9.17) is 12.2 Å². The summed E-state index contributed by atoms with van der Waals surface area (Å²) >= 11 is 5.46. The van der Waals surface area contributed by atoms with Gasteiger partial charge in [-0.3, -0.25) is 5.10 Å². The van der Waals surface area contributed by atoms with Gasteiger partial charge in [0.05, 0.1) is 13.1 Å². The van der Waals surface area contributed by atoms with Gasteiger partial charge in [-0.25, -0.2) is 4.68 Å². The fourth-order valence-corrected chi connectivity index (χ4v) is 3.57. The molecule has 26 heavy (non-hydrogen) atoms. The average molecular weight is 364 g/mol. The van der Waals surface area contributed by atoms with E-state index in [9.17, 15) is 0 Å². The quantitative estimate of drug-likeness (QED) is 0.699. The van der Waals surface area contributed by atoms with E-state index in [0.717, 1.165) is 37.6 Å². The van der Waals surface area contributed by atoms with Gasteiger partial charge in [0.2, 0.25) is 4.77 Å². The highest BCUT2D eigenvalue weighted by molar-refractivity contribution is 7.71. The summed E-state index contributed by atoms with van der Waals surface area (Å²) in [7, 11) is 0. The molecular weight excluding hydrogens is 340 g/mol. The van der Waals surface area contributed by atoms with E-state index in [0.29, 0.717) is 4.77 Å². The summed E-state index contributed by atoms with van der Waals surface area (Å²) in [6.45, 7) is 5.00. The number of hydrogen-bond acceptors (Lipinski definition) is 2. The fourth-order valence-electron chi connectivity index (χ4n) is 3.37. The third-order valence-corrected chi connectivity index (χ3v) is 5.23. The third-order valence-electron chi connectivity index (χ3n) is 4.92. The first kappa shape index (κ1) is 16.9. The highest BCUT2D eigenvalue weighted by atomic mass is 32.1. The predicted octanol–water partition coefficient (Wildman–Crippen LogP) is 3.25. The molecule has 1 aromatic heterocycles. The molecule has 0 fully saturated rings. The molecule has 4 nitrogen and oxygen atoms in total. The van der Waals surface area contributed by atoms with Crippen LogP contribution in [-0.4, -0.2) is 27.9 Å². The molecule has 1 unspecified atom stereocenters. The van der Waals surface area contributed by atoms with Gasteiger partial charge < -0.3 is 4.90 Å². The van der Waals surface area contributed by atoms with Gasteiger partial charge in [0.15, 0.2) is 12.5 Å². The second-order valence-electron chi connectivity index (χ2n) is 6.86. The minimum atomic E-state index is 0.617. The molecular formula is C21H23N4S+. The van der Waals surface area contributed by atoms with Gasteiger partial charge in [-0.2, -0.15) is 4.98 Å². The topological polar surface area (TPSA) is 38.0 Å². The molecule has 2 N–H and O–H groups in total. The number of benzene rings is 2. The Bertz CT molecular complexity index is 967. The van der Waals surface area contributed by atoms with Gasteiger partial charge in [0.25, 0.3) is 0 Å². The van der Waals surface area contributed by atoms with Crippen molar-refractivity contribution in [2.24, 2.45) is 0 Å². The molecule has 132 valence electrons. The van der Waals surface area contributed by atoms with Crippen molar-refractivity contribution in [3.05, 3.63) is 76.6 Å². The maximum atomic E-state index is 5.46. The molecule has 1 aliphatic heterocycles. The lowest BCUT2D eigenvalue weighted by Gasteiger charge is -2.23. The van der Waals surface area contributed by atoms with E-state index < -0.39 is 0 Å². The molecule has 0 bridgehead atoms. The van der Waals surface area contributed by atoms with Crippen molar-refractivity contribution >= 4 is 17.8 Å². The molecule has 5 heteroatoms. The Hall–Kier alpha value is -2.50. The van der Waals surface area contributed by atoms with E-state index in [2.05, 4.69) is 77.7 Å². The van der Waals surface area contributed by atoms with Crippen LogP contribution < -0.4 is 4.90 Å². The molecule has 4 rings (SSSR count). The van der Waals surface area contributed by atoms with Crippen LogP contribution >= 0.6 is 12.2 Å². The first-order valence-electron chi connectivity index (χ1n) is 9.01. The van der Waals surface area contributed by atoms with Crippen LogP contribution in [0.25, 0.3) is 17.0 Å². The normalized spacial score (nSPS) is 17.1. The standard InChI is InChI=1S/C21H22N4S/c1-16-7-9-19(10-8-16)20-22-21(26)25(23-20)15-24-13-11-18(12-14-24)17-5-3-2-4-6-17/h2-11H,12-15H2,1H3,(H,22,23,26)/p+1. The molecule has 2 aromatic carbocycles. The largest absolute Gasteiger partial charge is 0.313 e. The fraction of sp³-hybridized carbons (Fsp3) is 0.238. The maximum absolute atomic E-state index is 5.46. The monoisotopic (exact) mass is 363 g/mol. The number of rotatable bonds is 4. The van der Waals surface area contributed by atoms with Gasteiger partial charge in [-0.15, -0.1) is 0 Å². The number of nitrogens with one attached hydrogen (secondary N) is 2. The lowest BCUT2D eigenvalue weighted by Crippen LogP contribution is -3.11. The highest BCUT2D eigenvalue weighted by Crippen LogP contribution is 2.18. The summed E-state index contributed by atoms with van der Waals surface area (Å²) in [4.78, 5) is 6.02. The molecule has 1 aliphatic rings. The zero-order valence-corrected chi connectivity index (χ0v) is 15.7. The van der Waals surface area contributed by atoms with Crippen LogP contribution in [0.2, 0.25) is 0 Å². The summed E-state index contributed by atoms with van der Waals surface area (Å²) in [6.07, 6.45) is 3.45. The smallest absolute Gasteiger partial charge is 0.221 e. The van der Waals surface area contributed by atoms with E-state index in [1.54, 1.807) is 0 Å². The number of aromatic nitrogens is 3. The Morgan fingerprint density at radius 2 is 1.85 bits per heavy atom. The second-order valence-corrected chi connectivity index (χ2v) is 7.22. The van der Waals surface area contributed by atoms with Crippen molar-refractivity contribution in [1.29, 1.82) is 0 Å². The Balaban J connectivity index is 1.46. The minimum Gasteiger partial charge on any atom is -0.313 e. The van der Waals surface area contributed by atoms with Crippen molar-refractivity contribution in [1.82, 2.24) is 14.8 Å². The molecule has 0 radical (unpaired) electrons. The molecule has 1 atom stereocenters. The van der Waals surface area contributed by atoms with Crippen LogP contribution in [-0.2, 0) is 6.67 Å². The van der Waals surface area contributed by atoms with E-state index in [1.807, 2.05) is 4.68 Å². The summed E-state index contributed by atoms with van der Waals surface area (Å²) < 4.78 is 2.60. The molecule has 0 spiro atoms. The Morgan fingerprint density at radius 3 is 2.54 bits per heavy atom. The van der Waals surface area contributed by atoms with E-state index in [-0.39, 0.29) is 0 Å². The van der Waals surface area contributed by atoms with Crippen molar-refractivity contribution in [3.8, 4) is 11.4 Å². The van der Waals surface area contributed by atoms with Crippen molar-refractivity contribution in [2.45, 2.75) is 20.0 Å². The Morgan fingerprint density at radius 1 is 1.08 bits per heavy atom. The molecule has 0 aliphatic carbocycles.